The highest BCUT2D eigenvalue weighted by atomic mass is 35.5. The number of hydrogen-bond donors (Lipinski definition) is 2. The second-order valence-electron chi connectivity index (χ2n) is 6.47. The molecule has 4 nitrogen and oxygen atoms in total. The lowest BCUT2D eigenvalue weighted by molar-refractivity contribution is -0.134. The van der Waals surface area contributed by atoms with E-state index in [1.165, 1.54) is 28.5 Å². The molecule has 2 fully saturated rings. The maximum absolute atomic E-state index is 12.1. The highest BCUT2D eigenvalue weighted by molar-refractivity contribution is 7.17. The van der Waals surface area contributed by atoms with Crippen molar-refractivity contribution in [1.29, 1.82) is 0 Å². The molecular weight excluding hydrogens is 344 g/mol. The van der Waals surface area contributed by atoms with Crippen molar-refractivity contribution in [2.75, 3.05) is 13.1 Å². The first kappa shape index (κ1) is 17.4. The predicted octanol–water partition coefficient (Wildman–Crippen LogP) is 3.31. The van der Waals surface area contributed by atoms with E-state index in [1.54, 1.807) is 11.3 Å². The van der Waals surface area contributed by atoms with E-state index in [9.17, 15) is 9.59 Å². The van der Waals surface area contributed by atoms with Crippen LogP contribution in [0.15, 0.2) is 23.6 Å². The van der Waals surface area contributed by atoms with Crippen LogP contribution >= 0.6 is 23.7 Å². The highest BCUT2D eigenvalue weighted by Gasteiger charge is 2.29. The van der Waals surface area contributed by atoms with E-state index in [0.717, 1.165) is 18.7 Å². The summed E-state index contributed by atoms with van der Waals surface area (Å²) >= 11 is 1.71. The number of thiophene rings is 1. The van der Waals surface area contributed by atoms with E-state index < -0.39 is 0 Å². The van der Waals surface area contributed by atoms with Crippen molar-refractivity contribution in [2.24, 2.45) is 0 Å². The normalized spacial score (nSPS) is 22.2. The van der Waals surface area contributed by atoms with E-state index in [-0.39, 0.29) is 30.1 Å². The maximum Gasteiger partial charge on any atom is 0.234 e. The van der Waals surface area contributed by atoms with Gasteiger partial charge in [0.2, 0.25) is 11.8 Å². The molecule has 0 aliphatic carbocycles. The Balaban J connectivity index is 0.00000169. The Morgan fingerprint density at radius 3 is 2.62 bits per heavy atom. The molecule has 0 spiro atoms. The van der Waals surface area contributed by atoms with Crippen LogP contribution in [-0.2, 0) is 9.59 Å². The maximum atomic E-state index is 12.1. The van der Waals surface area contributed by atoms with Crippen LogP contribution in [-0.4, -0.2) is 24.9 Å². The average Bonchev–Trinajstić information content (AvgIpc) is 2.99. The minimum atomic E-state index is -0.189. The Bertz CT molecular complexity index is 767. The fourth-order valence-corrected chi connectivity index (χ4v) is 4.80. The first-order chi connectivity index (χ1) is 11.2. The summed E-state index contributed by atoms with van der Waals surface area (Å²) in [5, 5.41) is 9.14. The van der Waals surface area contributed by atoms with Gasteiger partial charge < -0.3 is 5.32 Å². The van der Waals surface area contributed by atoms with Crippen LogP contribution in [0.1, 0.15) is 48.6 Å². The average molecular weight is 365 g/mol. The molecule has 2 aliphatic rings. The zero-order valence-electron chi connectivity index (χ0n) is 13.3. The van der Waals surface area contributed by atoms with Gasteiger partial charge >= 0.3 is 0 Å². The van der Waals surface area contributed by atoms with Crippen molar-refractivity contribution >= 4 is 45.6 Å². The largest absolute Gasteiger partial charge is 0.317 e. The van der Waals surface area contributed by atoms with Gasteiger partial charge in [-0.25, -0.2) is 0 Å². The smallest absolute Gasteiger partial charge is 0.234 e. The van der Waals surface area contributed by atoms with E-state index in [1.807, 2.05) is 0 Å². The van der Waals surface area contributed by atoms with Gasteiger partial charge in [-0.3, -0.25) is 14.9 Å². The topological polar surface area (TPSA) is 58.2 Å². The Hall–Kier alpha value is -1.43. The van der Waals surface area contributed by atoms with Gasteiger partial charge in [-0.05, 0) is 66.2 Å². The number of rotatable bonds is 2. The number of fused-ring (bicyclic) bond motifs is 1. The molecule has 2 N–H and O–H groups in total. The lowest BCUT2D eigenvalue weighted by atomic mass is 9.87. The van der Waals surface area contributed by atoms with Crippen LogP contribution < -0.4 is 10.6 Å². The van der Waals surface area contributed by atoms with Gasteiger partial charge in [0.15, 0.2) is 0 Å². The summed E-state index contributed by atoms with van der Waals surface area (Å²) in [6.45, 7) is 2.18. The third-order valence-electron chi connectivity index (χ3n) is 5.05. The van der Waals surface area contributed by atoms with Crippen molar-refractivity contribution in [3.63, 3.8) is 0 Å². The van der Waals surface area contributed by atoms with Gasteiger partial charge in [0, 0.05) is 11.1 Å². The molecule has 1 aromatic carbocycles. The van der Waals surface area contributed by atoms with Crippen LogP contribution in [0.25, 0.3) is 10.1 Å². The second-order valence-corrected chi connectivity index (χ2v) is 7.39. The van der Waals surface area contributed by atoms with Crippen LogP contribution in [0.4, 0.5) is 0 Å². The number of nitrogens with one attached hydrogen (secondary N) is 2. The van der Waals surface area contributed by atoms with Gasteiger partial charge in [-0.15, -0.1) is 23.7 Å². The lowest BCUT2D eigenvalue weighted by Crippen LogP contribution is -2.39. The molecule has 0 saturated carbocycles. The van der Waals surface area contributed by atoms with Crippen molar-refractivity contribution in [3.05, 3.63) is 34.7 Å². The van der Waals surface area contributed by atoms with E-state index in [2.05, 4.69) is 34.2 Å². The summed E-state index contributed by atoms with van der Waals surface area (Å²) in [7, 11) is 0. The molecule has 128 valence electrons. The number of carbonyl (C=O) groups is 2. The minimum Gasteiger partial charge on any atom is -0.317 e. The number of benzene rings is 1. The summed E-state index contributed by atoms with van der Waals surface area (Å²) in [4.78, 5) is 23.5. The lowest BCUT2D eigenvalue weighted by Gasteiger charge is -2.23. The van der Waals surface area contributed by atoms with Gasteiger partial charge in [-0.1, -0.05) is 12.1 Å². The van der Waals surface area contributed by atoms with Gasteiger partial charge in [0.05, 0.1) is 5.92 Å². The van der Waals surface area contributed by atoms with Crippen LogP contribution in [0.2, 0.25) is 0 Å². The molecule has 0 radical (unpaired) electrons. The monoisotopic (exact) mass is 364 g/mol. The SMILES string of the molecule is Cl.O=C1CCC(c2csc3cc(C4CCNCC4)ccc23)C(=O)N1. The summed E-state index contributed by atoms with van der Waals surface area (Å²) in [6, 6.07) is 6.69. The third-order valence-corrected chi connectivity index (χ3v) is 6.02. The number of hydrogen-bond acceptors (Lipinski definition) is 4. The molecule has 1 atom stereocenters. The van der Waals surface area contributed by atoms with Crippen molar-refractivity contribution in [3.8, 4) is 0 Å². The number of halogens is 1. The number of imide groups is 1. The van der Waals surface area contributed by atoms with Crippen molar-refractivity contribution in [1.82, 2.24) is 10.6 Å². The van der Waals surface area contributed by atoms with Crippen molar-refractivity contribution in [2.45, 2.75) is 37.5 Å². The predicted molar refractivity (Wildman–Crippen MR) is 99.0 cm³/mol. The summed E-state index contributed by atoms with van der Waals surface area (Å²) in [5.41, 5.74) is 2.49. The Morgan fingerprint density at radius 2 is 1.88 bits per heavy atom. The molecule has 4 rings (SSSR count). The zero-order valence-corrected chi connectivity index (χ0v) is 15.0. The molecule has 24 heavy (non-hydrogen) atoms. The molecule has 2 aromatic rings. The van der Waals surface area contributed by atoms with E-state index in [4.69, 9.17) is 0 Å². The molecule has 1 unspecified atom stereocenters. The van der Waals surface area contributed by atoms with Crippen LogP contribution in [0.5, 0.6) is 0 Å². The Kier molecular flexibility index (Phi) is 5.23. The number of piperidine rings is 2. The molecule has 2 aliphatic heterocycles. The molecule has 0 bridgehead atoms. The van der Waals surface area contributed by atoms with E-state index >= 15 is 0 Å². The summed E-state index contributed by atoms with van der Waals surface area (Å²) < 4.78 is 1.25. The number of carbonyl (C=O) groups excluding carboxylic acids is 2. The van der Waals surface area contributed by atoms with Gasteiger partial charge in [0.25, 0.3) is 0 Å². The first-order valence-electron chi connectivity index (χ1n) is 8.28. The van der Waals surface area contributed by atoms with Crippen LogP contribution in [0.3, 0.4) is 0 Å². The molecular formula is C18H21ClN2O2S. The Labute approximate surface area is 151 Å². The highest BCUT2D eigenvalue weighted by Crippen LogP contribution is 2.37. The van der Waals surface area contributed by atoms with Crippen molar-refractivity contribution < 1.29 is 9.59 Å². The molecule has 2 saturated heterocycles. The summed E-state index contributed by atoms with van der Waals surface area (Å²) in [5.74, 6) is 0.148. The molecule has 6 heteroatoms. The van der Waals surface area contributed by atoms with E-state index in [0.29, 0.717) is 18.8 Å². The van der Waals surface area contributed by atoms with Gasteiger partial charge in [0.1, 0.15) is 0 Å². The standard InChI is InChI=1S/C18H20N2O2S.ClH/c21-17-4-3-14(18(22)20-17)15-10-23-16-9-12(1-2-13(15)16)11-5-7-19-8-6-11;/h1-2,9-11,14,19H,3-8H2,(H,20,21,22);1H. The Morgan fingerprint density at radius 1 is 1.08 bits per heavy atom. The van der Waals surface area contributed by atoms with Crippen LogP contribution in [0, 0.1) is 0 Å². The molecule has 3 heterocycles. The zero-order chi connectivity index (χ0) is 15.8. The third kappa shape index (κ3) is 3.21. The minimum absolute atomic E-state index is 0. The fraction of sp³-hybridized carbons (Fsp3) is 0.444. The fourth-order valence-electron chi connectivity index (χ4n) is 3.73. The second kappa shape index (κ2) is 7.21. The quantitative estimate of drug-likeness (QED) is 0.804. The number of amides is 2. The molecule has 1 aromatic heterocycles. The first-order valence-corrected chi connectivity index (χ1v) is 9.16. The summed E-state index contributed by atoms with van der Waals surface area (Å²) in [6.07, 6.45) is 3.43. The molecule has 2 amide bonds. The van der Waals surface area contributed by atoms with Gasteiger partial charge in [-0.2, -0.15) is 0 Å².